The van der Waals surface area contributed by atoms with E-state index in [2.05, 4.69) is 6.08 Å². The minimum Gasteiger partial charge on any atom is -0.294 e. The van der Waals surface area contributed by atoms with E-state index in [0.717, 1.165) is 6.42 Å². The summed E-state index contributed by atoms with van der Waals surface area (Å²) in [4.78, 5) is 10.1. The second-order valence-electron chi connectivity index (χ2n) is 1.31. The van der Waals surface area contributed by atoms with Gasteiger partial charge in [0.2, 0.25) is 0 Å². The first kappa shape index (κ1) is 3.59. The smallest absolute Gasteiger partial charge is 0.163 e. The standard InChI is InChI=1S/C5H5O/c6-5-3-1-2-4-5/h1H,2,4H2. The Morgan fingerprint density at radius 3 is 2.83 bits per heavy atom. The third-order valence-electron chi connectivity index (χ3n) is 0.779. The van der Waals surface area contributed by atoms with Gasteiger partial charge in [-0.25, -0.2) is 0 Å². The molecule has 1 radical (unpaired) electrons. The second-order valence-corrected chi connectivity index (χ2v) is 1.31. The van der Waals surface area contributed by atoms with Gasteiger partial charge in [-0.05, 0) is 6.42 Å². The van der Waals surface area contributed by atoms with Gasteiger partial charge in [0.05, 0.1) is 0 Å². The molecule has 0 spiro atoms. The number of hydrogen-bond acceptors (Lipinski definition) is 1. The summed E-state index contributed by atoms with van der Waals surface area (Å²) < 4.78 is 0. The van der Waals surface area contributed by atoms with Crippen molar-refractivity contribution in [1.82, 2.24) is 0 Å². The van der Waals surface area contributed by atoms with Crippen LogP contribution in [0.4, 0.5) is 0 Å². The molecule has 1 nitrogen and oxygen atoms in total. The Labute approximate surface area is 36.7 Å². The van der Waals surface area contributed by atoms with E-state index in [1.807, 2.05) is 0 Å². The van der Waals surface area contributed by atoms with Crippen LogP contribution in [0.5, 0.6) is 0 Å². The summed E-state index contributed by atoms with van der Waals surface area (Å²) in [6.45, 7) is 0. The number of rotatable bonds is 0. The molecule has 0 aromatic heterocycles. The first-order valence-electron chi connectivity index (χ1n) is 2.00. The summed E-state index contributed by atoms with van der Waals surface area (Å²) in [7, 11) is 0. The predicted molar refractivity (Wildman–Crippen MR) is 22.1 cm³/mol. The molecular weight excluding hydrogens is 76.1 g/mol. The lowest BCUT2D eigenvalue weighted by atomic mass is 10.3. The van der Waals surface area contributed by atoms with E-state index >= 15 is 0 Å². The highest BCUT2D eigenvalue weighted by Crippen LogP contribution is 2.00. The normalized spacial score (nSPS) is 19.7. The summed E-state index contributed by atoms with van der Waals surface area (Å²) in [5.74, 6) is 0.148. The Morgan fingerprint density at radius 2 is 2.67 bits per heavy atom. The zero-order valence-electron chi connectivity index (χ0n) is 3.40. The number of Topliss-reactive ketones (excluding diaryl/α,β-unsaturated/α-hetero) is 1. The van der Waals surface area contributed by atoms with Crippen LogP contribution in [0, 0.1) is 6.08 Å². The SMILES string of the molecule is O=C1[C]=CCC1. The Balaban J connectivity index is 2.59. The first-order valence-corrected chi connectivity index (χ1v) is 2.00. The van der Waals surface area contributed by atoms with Crippen molar-refractivity contribution in [3.8, 4) is 0 Å². The topological polar surface area (TPSA) is 17.1 Å². The van der Waals surface area contributed by atoms with Crippen molar-refractivity contribution in [2.24, 2.45) is 0 Å². The lowest BCUT2D eigenvalue weighted by Gasteiger charge is -1.70. The Bertz CT molecular complexity index is 92.1. The minimum absolute atomic E-state index is 0.148. The minimum atomic E-state index is 0.148. The Kier molecular flexibility index (Phi) is 0.748. The van der Waals surface area contributed by atoms with Crippen LogP contribution in [-0.4, -0.2) is 5.78 Å². The molecule has 0 atom stereocenters. The van der Waals surface area contributed by atoms with E-state index in [1.54, 1.807) is 6.08 Å². The largest absolute Gasteiger partial charge is 0.294 e. The van der Waals surface area contributed by atoms with E-state index in [-0.39, 0.29) is 5.78 Å². The van der Waals surface area contributed by atoms with Gasteiger partial charge >= 0.3 is 0 Å². The molecule has 0 amide bonds. The van der Waals surface area contributed by atoms with Gasteiger partial charge in [-0.3, -0.25) is 4.79 Å². The van der Waals surface area contributed by atoms with Gasteiger partial charge in [0.15, 0.2) is 5.78 Å². The molecule has 0 fully saturated rings. The van der Waals surface area contributed by atoms with Crippen molar-refractivity contribution in [2.45, 2.75) is 12.8 Å². The fourth-order valence-corrected chi connectivity index (χ4v) is 0.461. The van der Waals surface area contributed by atoms with E-state index in [0.29, 0.717) is 6.42 Å². The number of ketones is 1. The predicted octanol–water partition coefficient (Wildman–Crippen LogP) is 0.709. The second kappa shape index (κ2) is 1.25. The molecule has 0 saturated carbocycles. The van der Waals surface area contributed by atoms with Gasteiger partial charge in [0.25, 0.3) is 0 Å². The van der Waals surface area contributed by atoms with Crippen LogP contribution in [0.15, 0.2) is 6.08 Å². The molecule has 0 aromatic carbocycles. The molecular formula is C5H5O. The van der Waals surface area contributed by atoms with E-state index < -0.39 is 0 Å². The zero-order chi connectivity index (χ0) is 4.41. The number of allylic oxidation sites excluding steroid dienone is 2. The molecule has 6 heavy (non-hydrogen) atoms. The molecule has 1 aliphatic carbocycles. The molecule has 0 N–H and O–H groups in total. The van der Waals surface area contributed by atoms with Crippen LogP contribution in [0.25, 0.3) is 0 Å². The summed E-state index contributed by atoms with van der Waals surface area (Å²) in [5, 5.41) is 0. The molecule has 0 bridgehead atoms. The van der Waals surface area contributed by atoms with E-state index in [4.69, 9.17) is 0 Å². The van der Waals surface area contributed by atoms with Crippen LogP contribution in [0.2, 0.25) is 0 Å². The van der Waals surface area contributed by atoms with Gasteiger partial charge in [0.1, 0.15) is 0 Å². The van der Waals surface area contributed by atoms with Crippen LogP contribution < -0.4 is 0 Å². The molecule has 1 rings (SSSR count). The lowest BCUT2D eigenvalue weighted by molar-refractivity contribution is -0.114. The molecule has 0 aliphatic heterocycles. The lowest BCUT2D eigenvalue weighted by Crippen LogP contribution is -1.81. The summed E-state index contributed by atoms with van der Waals surface area (Å²) in [5.41, 5.74) is 0. The molecule has 0 saturated heterocycles. The third-order valence-corrected chi connectivity index (χ3v) is 0.779. The number of carbonyl (C=O) groups is 1. The first-order chi connectivity index (χ1) is 2.89. The van der Waals surface area contributed by atoms with Crippen molar-refractivity contribution >= 4 is 5.78 Å². The van der Waals surface area contributed by atoms with Crippen molar-refractivity contribution in [3.05, 3.63) is 12.2 Å². The molecule has 0 heterocycles. The molecule has 0 unspecified atom stereocenters. The number of hydrogen-bond donors (Lipinski definition) is 0. The fraction of sp³-hybridized carbons (Fsp3) is 0.400. The number of carbonyl (C=O) groups excluding carboxylic acids is 1. The highest BCUT2D eigenvalue weighted by molar-refractivity contribution is 5.87. The van der Waals surface area contributed by atoms with Gasteiger partial charge in [0, 0.05) is 12.5 Å². The van der Waals surface area contributed by atoms with Gasteiger partial charge in [-0.2, -0.15) is 0 Å². The van der Waals surface area contributed by atoms with Crippen LogP contribution in [0.1, 0.15) is 12.8 Å². The summed E-state index contributed by atoms with van der Waals surface area (Å²) in [6, 6.07) is 0. The highest BCUT2D eigenvalue weighted by atomic mass is 16.1. The van der Waals surface area contributed by atoms with Gasteiger partial charge in [-0.15, -0.1) is 0 Å². The maximum Gasteiger partial charge on any atom is 0.163 e. The summed E-state index contributed by atoms with van der Waals surface area (Å²) >= 11 is 0. The summed E-state index contributed by atoms with van der Waals surface area (Å²) in [6.07, 6.45) is 5.92. The zero-order valence-corrected chi connectivity index (χ0v) is 3.40. The van der Waals surface area contributed by atoms with Crippen molar-refractivity contribution < 1.29 is 4.79 Å². The van der Waals surface area contributed by atoms with Crippen LogP contribution in [-0.2, 0) is 4.79 Å². The Morgan fingerprint density at radius 1 is 1.83 bits per heavy atom. The molecule has 31 valence electrons. The van der Waals surface area contributed by atoms with Crippen molar-refractivity contribution in [2.75, 3.05) is 0 Å². The van der Waals surface area contributed by atoms with Crippen LogP contribution >= 0.6 is 0 Å². The highest BCUT2D eigenvalue weighted by Gasteiger charge is 1.99. The third kappa shape index (κ3) is 0.482. The maximum absolute atomic E-state index is 10.1. The average Bonchev–Trinajstić information content (AvgIpc) is 1.86. The van der Waals surface area contributed by atoms with E-state index in [1.165, 1.54) is 0 Å². The van der Waals surface area contributed by atoms with Crippen molar-refractivity contribution in [1.29, 1.82) is 0 Å². The Hall–Kier alpha value is -0.590. The maximum atomic E-state index is 10.1. The van der Waals surface area contributed by atoms with Crippen LogP contribution in [0.3, 0.4) is 0 Å². The van der Waals surface area contributed by atoms with Gasteiger partial charge < -0.3 is 0 Å². The average molecular weight is 81.1 g/mol. The fourth-order valence-electron chi connectivity index (χ4n) is 0.461. The molecule has 0 aromatic rings. The quantitative estimate of drug-likeness (QED) is 0.419. The van der Waals surface area contributed by atoms with Crippen molar-refractivity contribution in [3.63, 3.8) is 0 Å². The monoisotopic (exact) mass is 81.0 g/mol. The molecule has 1 aliphatic rings. The molecule has 1 heteroatoms. The van der Waals surface area contributed by atoms with Gasteiger partial charge in [-0.1, -0.05) is 6.08 Å². The van der Waals surface area contributed by atoms with E-state index in [9.17, 15) is 4.79 Å².